The molecule has 42 heavy (non-hydrogen) atoms. The number of halogens is 1. The molecule has 2 atom stereocenters. The number of aromatic nitrogens is 1. The molecule has 6 heteroatoms. The van der Waals surface area contributed by atoms with E-state index in [0.29, 0.717) is 11.4 Å². The molecule has 0 aliphatic heterocycles. The summed E-state index contributed by atoms with van der Waals surface area (Å²) < 4.78 is 0. The molecule has 0 radical (unpaired) electrons. The Hall–Kier alpha value is -3.12. The van der Waals surface area contributed by atoms with E-state index < -0.39 is 11.6 Å². The Morgan fingerprint density at radius 3 is 2.62 bits per heavy atom. The first-order chi connectivity index (χ1) is 20.2. The summed E-state index contributed by atoms with van der Waals surface area (Å²) in [6, 6.07) is 26.6. The zero-order valence-corrected chi connectivity index (χ0v) is 25.8. The van der Waals surface area contributed by atoms with Gasteiger partial charge in [0.2, 0.25) is 0 Å². The second-order valence-electron chi connectivity index (χ2n) is 11.8. The van der Waals surface area contributed by atoms with Gasteiger partial charge in [0.1, 0.15) is 0 Å². The molecule has 0 bridgehead atoms. The molecular weight excluding hydrogens is 562 g/mol. The Bertz CT molecular complexity index is 1590. The van der Waals surface area contributed by atoms with Gasteiger partial charge in [-0.3, -0.25) is 4.79 Å². The summed E-state index contributed by atoms with van der Waals surface area (Å²) in [5, 5.41) is 22.4. The van der Waals surface area contributed by atoms with E-state index >= 15 is 0 Å². The van der Waals surface area contributed by atoms with Crippen molar-refractivity contribution >= 4 is 52.4 Å². The minimum absolute atomic E-state index is 0.0826. The third kappa shape index (κ3) is 7.63. The Morgan fingerprint density at radius 1 is 1.07 bits per heavy atom. The Balaban J connectivity index is 1.38. The number of carboxylic acids is 1. The lowest BCUT2D eigenvalue weighted by Gasteiger charge is -2.26. The van der Waals surface area contributed by atoms with Crippen LogP contribution in [-0.4, -0.2) is 26.9 Å². The minimum atomic E-state index is -0.869. The van der Waals surface area contributed by atoms with Gasteiger partial charge in [-0.25, -0.2) is 4.98 Å². The Labute approximate surface area is 257 Å². The molecule has 2 N–H and O–H groups in total. The highest BCUT2D eigenvalue weighted by atomic mass is 35.5. The molecule has 3 aromatic carbocycles. The third-order valence-electron chi connectivity index (χ3n) is 8.44. The van der Waals surface area contributed by atoms with Crippen LogP contribution in [0, 0.1) is 5.41 Å². The fraction of sp³-hybridized carbons (Fsp3) is 0.333. The molecule has 2 unspecified atom stereocenters. The lowest BCUT2D eigenvalue weighted by Crippen LogP contribution is -2.21. The van der Waals surface area contributed by atoms with E-state index in [1.807, 2.05) is 74.1 Å². The number of fused-ring (bicyclic) bond motifs is 1. The fourth-order valence-electron chi connectivity index (χ4n) is 5.48. The summed E-state index contributed by atoms with van der Waals surface area (Å²) in [5.41, 5.74) is 5.25. The number of aliphatic carboxylic acids is 1. The van der Waals surface area contributed by atoms with Gasteiger partial charge in [0.15, 0.2) is 0 Å². The Kier molecular flexibility index (Phi) is 9.41. The lowest BCUT2D eigenvalue weighted by atomic mass is 9.87. The van der Waals surface area contributed by atoms with Crippen molar-refractivity contribution < 1.29 is 15.0 Å². The molecule has 0 spiro atoms. The number of thioether (sulfide) groups is 1. The van der Waals surface area contributed by atoms with Crippen molar-refractivity contribution in [2.24, 2.45) is 5.41 Å². The second kappa shape index (κ2) is 13.0. The van der Waals surface area contributed by atoms with Crippen molar-refractivity contribution in [3.63, 3.8) is 0 Å². The minimum Gasteiger partial charge on any atom is -0.481 e. The molecule has 0 amide bonds. The number of hydrogen-bond donors (Lipinski definition) is 2. The number of carboxylic acid groups (broad SMARTS) is 1. The summed E-state index contributed by atoms with van der Waals surface area (Å²) in [4.78, 5) is 16.3. The Morgan fingerprint density at radius 2 is 1.86 bits per heavy atom. The van der Waals surface area contributed by atoms with Crippen LogP contribution in [0.15, 0.2) is 78.9 Å². The predicted molar refractivity (Wildman–Crippen MR) is 176 cm³/mol. The highest BCUT2D eigenvalue weighted by Gasteiger charge is 2.44. The molecule has 1 heterocycles. The second-order valence-corrected chi connectivity index (χ2v) is 13.4. The van der Waals surface area contributed by atoms with Crippen LogP contribution in [0.25, 0.3) is 23.1 Å². The molecule has 218 valence electrons. The van der Waals surface area contributed by atoms with Gasteiger partial charge in [-0.2, -0.15) is 11.8 Å². The highest BCUT2D eigenvalue weighted by Crippen LogP contribution is 2.53. The van der Waals surface area contributed by atoms with Crippen LogP contribution in [0.1, 0.15) is 79.1 Å². The first-order valence-electron chi connectivity index (χ1n) is 14.6. The van der Waals surface area contributed by atoms with Gasteiger partial charge in [-0.1, -0.05) is 85.3 Å². The zero-order chi connectivity index (χ0) is 29.7. The zero-order valence-electron chi connectivity index (χ0n) is 24.2. The van der Waals surface area contributed by atoms with Crippen LogP contribution < -0.4 is 0 Å². The van der Waals surface area contributed by atoms with Crippen LogP contribution in [0.2, 0.25) is 5.02 Å². The number of aryl methyl sites for hydroxylation is 1. The molecule has 1 fully saturated rings. The van der Waals surface area contributed by atoms with Crippen molar-refractivity contribution in [1.82, 2.24) is 4.98 Å². The van der Waals surface area contributed by atoms with Crippen LogP contribution in [0.3, 0.4) is 0 Å². The molecule has 0 saturated heterocycles. The molecule has 1 saturated carbocycles. The number of benzene rings is 3. The topological polar surface area (TPSA) is 70.4 Å². The van der Waals surface area contributed by atoms with Gasteiger partial charge in [0, 0.05) is 21.4 Å². The number of nitrogens with zero attached hydrogens (tertiary/aromatic N) is 1. The van der Waals surface area contributed by atoms with Gasteiger partial charge in [-0.15, -0.1) is 0 Å². The number of carbonyl (C=O) groups is 1. The first-order valence-corrected chi connectivity index (χ1v) is 16.1. The quantitative estimate of drug-likeness (QED) is 0.160. The normalized spacial score (nSPS) is 16.4. The average Bonchev–Trinajstić information content (AvgIpc) is 3.74. The molecule has 4 nitrogen and oxygen atoms in total. The van der Waals surface area contributed by atoms with E-state index in [1.165, 1.54) is 11.1 Å². The monoisotopic (exact) mass is 599 g/mol. The van der Waals surface area contributed by atoms with Crippen LogP contribution in [-0.2, 0) is 16.8 Å². The number of pyridine rings is 1. The molecule has 4 aromatic rings. The van der Waals surface area contributed by atoms with Crippen molar-refractivity contribution in [2.75, 3.05) is 5.75 Å². The van der Waals surface area contributed by atoms with E-state index in [-0.39, 0.29) is 17.1 Å². The van der Waals surface area contributed by atoms with Crippen molar-refractivity contribution in [2.45, 2.75) is 63.2 Å². The van der Waals surface area contributed by atoms with Gasteiger partial charge in [0.05, 0.1) is 23.2 Å². The average molecular weight is 600 g/mol. The third-order valence-corrected chi connectivity index (χ3v) is 10.4. The van der Waals surface area contributed by atoms with Gasteiger partial charge >= 0.3 is 5.97 Å². The van der Waals surface area contributed by atoms with E-state index in [9.17, 15) is 15.0 Å². The first kappa shape index (κ1) is 30.3. The van der Waals surface area contributed by atoms with Crippen LogP contribution in [0.5, 0.6) is 0 Å². The van der Waals surface area contributed by atoms with Gasteiger partial charge in [-0.05, 0) is 91.0 Å². The molecule has 1 aliphatic rings. The smallest absolute Gasteiger partial charge is 0.303 e. The SMILES string of the molecule is CCC(C)(O)c1ccccc1CCC(SCC1(CC(=O)O)CC1)c1cccc(/C=C/c2ccc3ccc(Cl)cc3n2)c1. The van der Waals surface area contributed by atoms with Crippen molar-refractivity contribution in [3.05, 3.63) is 112 Å². The van der Waals surface area contributed by atoms with Gasteiger partial charge < -0.3 is 10.2 Å². The fourth-order valence-corrected chi connectivity index (χ4v) is 7.21. The predicted octanol–water partition coefficient (Wildman–Crippen LogP) is 9.34. The van der Waals surface area contributed by atoms with E-state index in [1.54, 1.807) is 0 Å². The van der Waals surface area contributed by atoms with E-state index in [2.05, 4.69) is 42.5 Å². The lowest BCUT2D eigenvalue weighted by molar-refractivity contribution is -0.138. The van der Waals surface area contributed by atoms with Crippen molar-refractivity contribution in [3.8, 4) is 0 Å². The van der Waals surface area contributed by atoms with Crippen LogP contribution in [0.4, 0.5) is 0 Å². The summed E-state index contributed by atoms with van der Waals surface area (Å²) in [6.07, 6.45) is 8.68. The highest BCUT2D eigenvalue weighted by molar-refractivity contribution is 7.99. The molecule has 1 aromatic heterocycles. The standard InChI is InChI=1S/C36H38ClNO3S/c1-3-35(2,41)31-10-5-4-8-26(31)14-18-33(42-24-36(19-20-36)23-34(39)40)28-9-6-7-25(21-28)11-16-30-17-13-27-12-15-29(37)22-32(27)38-30/h4-13,15-17,21-22,33,41H,3,14,18-20,23-24H2,1-2H3,(H,39,40)/b16-11+. The summed E-state index contributed by atoms with van der Waals surface area (Å²) in [7, 11) is 0. The van der Waals surface area contributed by atoms with E-state index in [4.69, 9.17) is 16.6 Å². The van der Waals surface area contributed by atoms with Gasteiger partial charge in [0.25, 0.3) is 0 Å². The summed E-state index contributed by atoms with van der Waals surface area (Å²) in [5.74, 6) is 0.124. The number of hydrogen-bond acceptors (Lipinski definition) is 4. The maximum atomic E-state index is 11.5. The van der Waals surface area contributed by atoms with E-state index in [0.717, 1.165) is 59.2 Å². The van der Waals surface area contributed by atoms with Crippen LogP contribution >= 0.6 is 23.4 Å². The number of aliphatic hydroxyl groups is 1. The maximum absolute atomic E-state index is 11.5. The molecule has 5 rings (SSSR count). The largest absolute Gasteiger partial charge is 0.481 e. The summed E-state index contributed by atoms with van der Waals surface area (Å²) >= 11 is 8.05. The molecular formula is C36H38ClNO3S. The number of rotatable bonds is 13. The molecule has 1 aliphatic carbocycles. The van der Waals surface area contributed by atoms with Crippen molar-refractivity contribution in [1.29, 1.82) is 0 Å². The summed E-state index contributed by atoms with van der Waals surface area (Å²) in [6.45, 7) is 3.89. The maximum Gasteiger partial charge on any atom is 0.303 e.